The van der Waals surface area contributed by atoms with Gasteiger partial charge in [0.1, 0.15) is 0 Å². The van der Waals surface area contributed by atoms with Gasteiger partial charge in [-0.2, -0.15) is 0 Å². The van der Waals surface area contributed by atoms with Crippen LogP contribution in [0.15, 0.2) is 48.5 Å². The third-order valence-corrected chi connectivity index (χ3v) is 6.08. The minimum absolute atomic E-state index is 0.436. The zero-order valence-corrected chi connectivity index (χ0v) is 18.6. The average Bonchev–Trinajstić information content (AvgIpc) is 2.85. The molecule has 0 radical (unpaired) electrons. The Balaban J connectivity index is 2.21. The molecule has 0 unspecified atom stereocenters. The van der Waals surface area contributed by atoms with Gasteiger partial charge in [0.2, 0.25) is 0 Å². The molecule has 0 atom stereocenters. The summed E-state index contributed by atoms with van der Waals surface area (Å²) in [6, 6.07) is 3.84. The second kappa shape index (κ2) is 9.43. The van der Waals surface area contributed by atoms with Crippen molar-refractivity contribution >= 4 is 0 Å². The molecule has 0 aromatic heterocycles. The van der Waals surface area contributed by atoms with E-state index in [1.165, 1.54) is 0 Å². The molecule has 4 nitrogen and oxygen atoms in total. The van der Waals surface area contributed by atoms with Crippen LogP contribution in [-0.2, 0) is 11.8 Å². The number of benzene rings is 4. The zero-order chi connectivity index (χ0) is 28.1. The van der Waals surface area contributed by atoms with Gasteiger partial charge in [0.25, 0.3) is 0 Å². The van der Waals surface area contributed by atoms with Gasteiger partial charge in [-0.15, -0.1) is 0 Å². The highest BCUT2D eigenvalue weighted by Gasteiger charge is 2.41. The van der Waals surface area contributed by atoms with Crippen molar-refractivity contribution in [3.8, 4) is 23.0 Å². The fraction of sp³-hybridized carbons (Fsp3) is 0.0769. The first-order valence-electron chi connectivity index (χ1n) is 10.5. The molecule has 4 aromatic rings. The van der Waals surface area contributed by atoms with Crippen molar-refractivity contribution in [1.29, 1.82) is 0 Å². The lowest BCUT2D eigenvalue weighted by atomic mass is 9.65. The van der Waals surface area contributed by atoms with Gasteiger partial charge in [-0.3, -0.25) is 0 Å². The van der Waals surface area contributed by atoms with Crippen molar-refractivity contribution in [1.82, 2.24) is 0 Å². The van der Waals surface area contributed by atoms with Gasteiger partial charge in [-0.1, -0.05) is 0 Å². The molecule has 0 amide bonds. The molecule has 0 aliphatic rings. The number of hydrogen-bond donors (Lipinski definition) is 4. The quantitative estimate of drug-likeness (QED) is 0.179. The van der Waals surface area contributed by atoms with Gasteiger partial charge in [0, 0.05) is 5.41 Å². The summed E-state index contributed by atoms with van der Waals surface area (Å²) in [5, 5.41) is 38.2. The van der Waals surface area contributed by atoms with Gasteiger partial charge >= 0.3 is 0 Å². The monoisotopic (exact) mass is 542 g/mol. The van der Waals surface area contributed by atoms with Crippen molar-refractivity contribution in [2.75, 3.05) is 0 Å². The fourth-order valence-corrected chi connectivity index (χ4v) is 4.27. The zero-order valence-electron chi connectivity index (χ0n) is 18.6. The Morgan fingerprint density at radius 2 is 0.605 bits per heavy atom. The third-order valence-electron chi connectivity index (χ3n) is 6.08. The molecule has 0 heterocycles. The lowest BCUT2D eigenvalue weighted by molar-refractivity contribution is 0.386. The third kappa shape index (κ3) is 4.31. The summed E-state index contributed by atoms with van der Waals surface area (Å²) in [5.74, 6) is -18.6. The van der Waals surface area contributed by atoms with E-state index < -0.39 is 104 Å². The van der Waals surface area contributed by atoms with Crippen LogP contribution in [0.4, 0.5) is 35.1 Å². The maximum atomic E-state index is 14.5. The van der Waals surface area contributed by atoms with Crippen LogP contribution in [0.1, 0.15) is 22.3 Å². The largest absolute Gasteiger partial charge is 0.503 e. The number of rotatable bonds is 5. The SMILES string of the molecule is Oc1c(F)cc(CC(c2cc(F)c(O)c(F)c2)(c2cc(F)c(O)c(F)c2)c2cc(F)c(O)c(F)c2)cc1F. The molecule has 0 saturated heterocycles. The first kappa shape index (κ1) is 26.6. The van der Waals surface area contributed by atoms with E-state index in [1.807, 2.05) is 0 Å². The van der Waals surface area contributed by atoms with Gasteiger partial charge in [0.05, 0.1) is 0 Å². The molecule has 0 bridgehead atoms. The first-order valence-corrected chi connectivity index (χ1v) is 10.5. The summed E-state index contributed by atoms with van der Waals surface area (Å²) in [6.45, 7) is 0. The van der Waals surface area contributed by atoms with Crippen molar-refractivity contribution < 1.29 is 55.5 Å². The first-order chi connectivity index (χ1) is 17.8. The predicted molar refractivity (Wildman–Crippen MR) is 116 cm³/mol. The number of hydrogen-bond acceptors (Lipinski definition) is 4. The Hall–Kier alpha value is -4.48. The number of aromatic hydroxyl groups is 4. The van der Waals surface area contributed by atoms with Crippen LogP contribution in [0.25, 0.3) is 0 Å². The number of halogens is 8. The Labute approximate surface area is 208 Å². The molecule has 4 rings (SSSR count). The Morgan fingerprint density at radius 1 is 0.395 bits per heavy atom. The smallest absolute Gasteiger partial charge is 0.187 e. The van der Waals surface area contributed by atoms with Crippen LogP contribution < -0.4 is 0 Å². The van der Waals surface area contributed by atoms with E-state index in [2.05, 4.69) is 0 Å². The van der Waals surface area contributed by atoms with Crippen LogP contribution in [0.3, 0.4) is 0 Å². The van der Waals surface area contributed by atoms with E-state index in [-0.39, 0.29) is 0 Å². The molecule has 198 valence electrons. The van der Waals surface area contributed by atoms with Crippen molar-refractivity contribution in [3.05, 3.63) is 117 Å². The van der Waals surface area contributed by atoms with Crippen LogP contribution in [0.5, 0.6) is 23.0 Å². The normalized spacial score (nSPS) is 11.7. The van der Waals surface area contributed by atoms with E-state index in [4.69, 9.17) is 0 Å². The Bertz CT molecular complexity index is 1360. The highest BCUT2D eigenvalue weighted by Crippen LogP contribution is 2.46. The lowest BCUT2D eigenvalue weighted by Crippen LogP contribution is -2.33. The molecule has 4 N–H and O–H groups in total. The summed E-state index contributed by atoms with van der Waals surface area (Å²) in [6.07, 6.45) is -0.919. The standard InChI is InChI=1S/C26H14F8O4/c27-14-1-10(2-15(28)22(14)35)9-26(11-3-16(29)23(36)17(30)4-11,12-5-18(31)24(37)19(32)6-12)13-7-20(33)25(38)21(34)8-13/h1-8,35-38H,9H2. The molecule has 0 aliphatic heterocycles. The Kier molecular flexibility index (Phi) is 6.60. The second-order valence-corrected chi connectivity index (χ2v) is 8.36. The fourth-order valence-electron chi connectivity index (χ4n) is 4.27. The molecule has 4 aromatic carbocycles. The summed E-state index contributed by atoms with van der Waals surface area (Å²) < 4.78 is 116. The van der Waals surface area contributed by atoms with Crippen LogP contribution in [-0.4, -0.2) is 20.4 Å². The lowest BCUT2D eigenvalue weighted by Gasteiger charge is -2.37. The molecule has 12 heteroatoms. The van der Waals surface area contributed by atoms with E-state index in [0.717, 1.165) is 0 Å². The summed E-state index contributed by atoms with van der Waals surface area (Å²) >= 11 is 0. The highest BCUT2D eigenvalue weighted by molar-refractivity contribution is 5.56. The minimum atomic E-state index is -2.50. The van der Waals surface area contributed by atoms with Crippen molar-refractivity contribution in [2.45, 2.75) is 11.8 Å². The molecular weight excluding hydrogens is 528 g/mol. The van der Waals surface area contributed by atoms with E-state index in [9.17, 15) is 55.5 Å². The highest BCUT2D eigenvalue weighted by atomic mass is 19.2. The van der Waals surface area contributed by atoms with E-state index in [0.29, 0.717) is 48.5 Å². The van der Waals surface area contributed by atoms with Crippen molar-refractivity contribution in [3.63, 3.8) is 0 Å². The number of phenols is 4. The van der Waals surface area contributed by atoms with Crippen molar-refractivity contribution in [2.24, 2.45) is 0 Å². The molecule has 0 fully saturated rings. The van der Waals surface area contributed by atoms with Crippen LogP contribution in [0, 0.1) is 46.5 Å². The maximum absolute atomic E-state index is 14.5. The molecule has 0 aliphatic carbocycles. The molecular formula is C26H14F8O4. The molecule has 38 heavy (non-hydrogen) atoms. The minimum Gasteiger partial charge on any atom is -0.503 e. The summed E-state index contributed by atoms with van der Waals surface area (Å²) in [4.78, 5) is 0. The average molecular weight is 542 g/mol. The van der Waals surface area contributed by atoms with Gasteiger partial charge in [0.15, 0.2) is 69.5 Å². The number of phenolic OH excluding ortho intramolecular Hbond substituents is 4. The van der Waals surface area contributed by atoms with E-state index >= 15 is 0 Å². The molecule has 0 saturated carbocycles. The summed E-state index contributed by atoms with van der Waals surface area (Å²) in [5.41, 5.74) is -4.92. The van der Waals surface area contributed by atoms with Gasteiger partial charge in [-0.05, 0) is 77.2 Å². The summed E-state index contributed by atoms with van der Waals surface area (Å²) in [7, 11) is 0. The Morgan fingerprint density at radius 3 is 0.842 bits per heavy atom. The predicted octanol–water partition coefficient (Wildman–Crippen LogP) is 6.20. The van der Waals surface area contributed by atoms with E-state index in [1.54, 1.807) is 0 Å². The molecule has 0 spiro atoms. The van der Waals surface area contributed by atoms with Gasteiger partial charge in [-0.25, -0.2) is 35.1 Å². The second-order valence-electron chi connectivity index (χ2n) is 8.36. The van der Waals surface area contributed by atoms with Gasteiger partial charge < -0.3 is 20.4 Å². The van der Waals surface area contributed by atoms with Crippen LogP contribution >= 0.6 is 0 Å². The van der Waals surface area contributed by atoms with Crippen LogP contribution in [0.2, 0.25) is 0 Å². The maximum Gasteiger partial charge on any atom is 0.187 e. The topological polar surface area (TPSA) is 80.9 Å².